The fraction of sp³-hybridized carbons (Fsp3) is 0.200. The lowest BCUT2D eigenvalue weighted by Crippen LogP contribution is -2.20. The van der Waals surface area contributed by atoms with Crippen LogP contribution < -0.4 is 5.32 Å². The Bertz CT molecular complexity index is 653. The van der Waals surface area contributed by atoms with Crippen molar-refractivity contribution in [1.29, 1.82) is 0 Å². The van der Waals surface area contributed by atoms with Crippen molar-refractivity contribution in [2.75, 3.05) is 0 Å². The minimum Gasteiger partial charge on any atom is -0.340 e. The number of aromatic nitrogens is 1. The molecule has 2 aromatic rings. The van der Waals surface area contributed by atoms with E-state index in [1.165, 1.54) is 0 Å². The third kappa shape index (κ3) is 4.37. The molecule has 5 heteroatoms. The first-order chi connectivity index (χ1) is 9.67. The van der Waals surface area contributed by atoms with E-state index >= 15 is 0 Å². The Balaban J connectivity index is 1.93. The van der Waals surface area contributed by atoms with Crippen LogP contribution in [0.5, 0.6) is 0 Å². The second-order valence-corrected chi connectivity index (χ2v) is 5.47. The molecule has 0 radical (unpaired) electrons. The zero-order chi connectivity index (χ0) is 14.4. The summed E-state index contributed by atoms with van der Waals surface area (Å²) in [7, 11) is 0. The Kier molecular flexibility index (Phi) is 5.16. The SMILES string of the molecule is CC#CC(=O)NCc1csc(Cc2ccc(Cl)cc2)n1. The Morgan fingerprint density at radius 1 is 1.40 bits per heavy atom. The minimum atomic E-state index is -0.278. The first-order valence-corrected chi connectivity index (χ1v) is 7.31. The zero-order valence-electron chi connectivity index (χ0n) is 10.9. The van der Waals surface area contributed by atoms with Crippen molar-refractivity contribution in [2.24, 2.45) is 0 Å². The molecule has 0 fully saturated rings. The van der Waals surface area contributed by atoms with E-state index < -0.39 is 0 Å². The molecule has 1 heterocycles. The van der Waals surface area contributed by atoms with E-state index in [0.29, 0.717) is 6.54 Å². The Labute approximate surface area is 127 Å². The summed E-state index contributed by atoms with van der Waals surface area (Å²) in [5.74, 6) is 4.71. The summed E-state index contributed by atoms with van der Waals surface area (Å²) in [5, 5.41) is 6.39. The maximum Gasteiger partial charge on any atom is 0.296 e. The molecule has 0 saturated heterocycles. The van der Waals surface area contributed by atoms with E-state index in [1.807, 2.05) is 29.6 Å². The highest BCUT2D eigenvalue weighted by Crippen LogP contribution is 2.16. The van der Waals surface area contributed by atoms with Gasteiger partial charge in [0.05, 0.1) is 17.2 Å². The van der Waals surface area contributed by atoms with Gasteiger partial charge in [0.25, 0.3) is 5.91 Å². The monoisotopic (exact) mass is 304 g/mol. The average Bonchev–Trinajstić information content (AvgIpc) is 2.87. The largest absolute Gasteiger partial charge is 0.340 e. The molecule has 20 heavy (non-hydrogen) atoms. The predicted molar refractivity (Wildman–Crippen MR) is 81.7 cm³/mol. The maximum absolute atomic E-state index is 11.2. The van der Waals surface area contributed by atoms with Crippen LogP contribution in [0.15, 0.2) is 29.6 Å². The molecule has 3 nitrogen and oxygen atoms in total. The van der Waals surface area contributed by atoms with Gasteiger partial charge in [-0.2, -0.15) is 0 Å². The molecular formula is C15H13ClN2OS. The second kappa shape index (κ2) is 7.09. The number of carbonyl (C=O) groups is 1. The Hall–Kier alpha value is -1.83. The van der Waals surface area contributed by atoms with Gasteiger partial charge in [0.2, 0.25) is 0 Å². The van der Waals surface area contributed by atoms with Crippen LogP contribution in [-0.2, 0) is 17.8 Å². The van der Waals surface area contributed by atoms with Crippen LogP contribution >= 0.6 is 22.9 Å². The molecule has 0 saturated carbocycles. The molecule has 0 aliphatic heterocycles. The fourth-order valence-electron chi connectivity index (χ4n) is 1.62. The van der Waals surface area contributed by atoms with Gasteiger partial charge in [-0.05, 0) is 30.5 Å². The van der Waals surface area contributed by atoms with Crippen LogP contribution in [-0.4, -0.2) is 10.9 Å². The molecule has 1 N–H and O–H groups in total. The van der Waals surface area contributed by atoms with Crippen LogP contribution in [0.2, 0.25) is 5.02 Å². The van der Waals surface area contributed by atoms with Gasteiger partial charge in [-0.15, -0.1) is 11.3 Å². The van der Waals surface area contributed by atoms with E-state index in [1.54, 1.807) is 18.3 Å². The molecule has 0 aliphatic rings. The van der Waals surface area contributed by atoms with Crippen molar-refractivity contribution >= 4 is 28.8 Å². The Morgan fingerprint density at radius 3 is 2.85 bits per heavy atom. The number of carbonyl (C=O) groups excluding carboxylic acids is 1. The molecule has 0 bridgehead atoms. The lowest BCUT2D eigenvalue weighted by Gasteiger charge is -1.98. The third-order valence-electron chi connectivity index (χ3n) is 2.54. The summed E-state index contributed by atoms with van der Waals surface area (Å²) >= 11 is 7.43. The van der Waals surface area contributed by atoms with Crippen molar-refractivity contribution in [3.8, 4) is 11.8 Å². The summed E-state index contributed by atoms with van der Waals surface area (Å²) in [6, 6.07) is 7.72. The van der Waals surface area contributed by atoms with E-state index in [4.69, 9.17) is 11.6 Å². The first kappa shape index (κ1) is 14.6. The highest BCUT2D eigenvalue weighted by Gasteiger charge is 2.04. The summed E-state index contributed by atoms with van der Waals surface area (Å²) in [6.07, 6.45) is 0.768. The van der Waals surface area contributed by atoms with Gasteiger partial charge >= 0.3 is 0 Å². The standard InChI is InChI=1S/C15H13ClN2OS/c1-2-3-14(19)17-9-13-10-20-15(18-13)8-11-4-6-12(16)7-5-11/h4-7,10H,8-9H2,1H3,(H,17,19). The highest BCUT2D eigenvalue weighted by atomic mass is 35.5. The molecule has 1 aromatic heterocycles. The number of hydrogen-bond donors (Lipinski definition) is 1. The normalized spacial score (nSPS) is 9.70. The van der Waals surface area contributed by atoms with Crippen LogP contribution in [0.1, 0.15) is 23.2 Å². The summed E-state index contributed by atoms with van der Waals surface area (Å²) < 4.78 is 0. The van der Waals surface area contributed by atoms with Gasteiger partial charge in [-0.25, -0.2) is 4.98 Å². The number of benzene rings is 1. The molecule has 0 spiro atoms. The van der Waals surface area contributed by atoms with E-state index in [-0.39, 0.29) is 5.91 Å². The van der Waals surface area contributed by atoms with Crippen LogP contribution in [0.4, 0.5) is 0 Å². The molecule has 102 valence electrons. The molecule has 0 atom stereocenters. The predicted octanol–water partition coefficient (Wildman–Crippen LogP) is 3.03. The number of thiazole rings is 1. The lowest BCUT2D eigenvalue weighted by atomic mass is 10.2. The molecule has 0 unspecified atom stereocenters. The smallest absolute Gasteiger partial charge is 0.296 e. The molecular weight excluding hydrogens is 292 g/mol. The fourth-order valence-corrected chi connectivity index (χ4v) is 2.57. The molecule has 1 aromatic carbocycles. The van der Waals surface area contributed by atoms with Crippen LogP contribution in [0.25, 0.3) is 0 Å². The first-order valence-electron chi connectivity index (χ1n) is 6.05. The van der Waals surface area contributed by atoms with Crippen molar-refractivity contribution in [3.63, 3.8) is 0 Å². The van der Waals surface area contributed by atoms with Crippen molar-refractivity contribution < 1.29 is 4.79 Å². The van der Waals surface area contributed by atoms with Crippen molar-refractivity contribution in [3.05, 3.63) is 50.9 Å². The summed E-state index contributed by atoms with van der Waals surface area (Å²) in [5.41, 5.74) is 2.02. The van der Waals surface area contributed by atoms with Gasteiger partial charge in [0.1, 0.15) is 0 Å². The van der Waals surface area contributed by atoms with Gasteiger partial charge in [0.15, 0.2) is 0 Å². The van der Waals surface area contributed by atoms with E-state index in [9.17, 15) is 4.79 Å². The minimum absolute atomic E-state index is 0.278. The molecule has 0 aliphatic carbocycles. The van der Waals surface area contributed by atoms with Crippen LogP contribution in [0.3, 0.4) is 0 Å². The summed E-state index contributed by atoms with van der Waals surface area (Å²) in [4.78, 5) is 15.7. The van der Waals surface area contributed by atoms with E-state index in [0.717, 1.165) is 27.7 Å². The number of halogens is 1. The molecule has 1 amide bonds. The zero-order valence-corrected chi connectivity index (χ0v) is 12.5. The highest BCUT2D eigenvalue weighted by molar-refractivity contribution is 7.09. The topological polar surface area (TPSA) is 42.0 Å². The number of rotatable bonds is 4. The van der Waals surface area contributed by atoms with Gasteiger partial charge in [0, 0.05) is 16.8 Å². The maximum atomic E-state index is 11.2. The lowest BCUT2D eigenvalue weighted by molar-refractivity contribution is -0.115. The van der Waals surface area contributed by atoms with Gasteiger partial charge < -0.3 is 5.32 Å². The number of hydrogen-bond acceptors (Lipinski definition) is 3. The Morgan fingerprint density at radius 2 is 2.15 bits per heavy atom. The quantitative estimate of drug-likeness (QED) is 0.882. The number of nitrogens with one attached hydrogen (secondary N) is 1. The van der Waals surface area contributed by atoms with Gasteiger partial charge in [-0.3, -0.25) is 4.79 Å². The molecule has 2 rings (SSSR count). The van der Waals surface area contributed by atoms with Crippen molar-refractivity contribution in [2.45, 2.75) is 19.9 Å². The van der Waals surface area contributed by atoms with Crippen molar-refractivity contribution in [1.82, 2.24) is 10.3 Å². The van der Waals surface area contributed by atoms with Crippen LogP contribution in [0, 0.1) is 11.8 Å². The average molecular weight is 305 g/mol. The van der Waals surface area contributed by atoms with Gasteiger partial charge in [-0.1, -0.05) is 29.7 Å². The summed E-state index contributed by atoms with van der Waals surface area (Å²) in [6.45, 7) is 2.04. The number of amides is 1. The second-order valence-electron chi connectivity index (χ2n) is 4.09. The third-order valence-corrected chi connectivity index (χ3v) is 3.69. The number of nitrogens with zero attached hydrogens (tertiary/aromatic N) is 1. The van der Waals surface area contributed by atoms with E-state index in [2.05, 4.69) is 22.1 Å².